The largest absolute Gasteiger partial charge is 0.494 e. The van der Waals surface area contributed by atoms with Gasteiger partial charge in [0, 0.05) is 51.8 Å². The van der Waals surface area contributed by atoms with Crippen LogP contribution in [0.25, 0.3) is 0 Å². The molecule has 1 aromatic carbocycles. The highest BCUT2D eigenvalue weighted by molar-refractivity contribution is 5.73. The number of amides is 1. The zero-order valence-corrected chi connectivity index (χ0v) is 16.1. The molecule has 3 rings (SSSR count). The number of para-hydroxylation sites is 1. The molecule has 144 valence electrons. The number of hydrogen-bond donors (Lipinski definition) is 1. The van der Waals surface area contributed by atoms with Crippen molar-refractivity contribution in [3.05, 3.63) is 29.8 Å². The van der Waals surface area contributed by atoms with Gasteiger partial charge in [-0.05, 0) is 43.6 Å². The van der Waals surface area contributed by atoms with E-state index in [1.807, 2.05) is 24.0 Å². The van der Waals surface area contributed by atoms with Gasteiger partial charge in [0.1, 0.15) is 5.75 Å². The maximum atomic E-state index is 11.6. The Hall–Kier alpha value is -1.59. The smallest absolute Gasteiger partial charge is 0.219 e. The molecule has 2 unspecified atom stereocenters. The predicted octanol–water partition coefficient (Wildman–Crippen LogP) is 2.38. The van der Waals surface area contributed by atoms with E-state index in [9.17, 15) is 9.90 Å². The van der Waals surface area contributed by atoms with Crippen molar-refractivity contribution in [3.63, 3.8) is 0 Å². The van der Waals surface area contributed by atoms with Crippen LogP contribution in [0.3, 0.4) is 0 Å². The molecule has 1 aromatic rings. The van der Waals surface area contributed by atoms with Crippen molar-refractivity contribution >= 4 is 5.91 Å². The number of carbonyl (C=O) groups is 1. The van der Waals surface area contributed by atoms with Crippen LogP contribution in [-0.2, 0) is 11.3 Å². The Morgan fingerprint density at radius 2 is 1.96 bits per heavy atom. The van der Waals surface area contributed by atoms with E-state index in [1.165, 1.54) is 5.56 Å². The number of carbonyl (C=O) groups excluding carboxylic acids is 1. The first kappa shape index (κ1) is 19.2. The minimum atomic E-state index is 0.183. The predicted molar refractivity (Wildman–Crippen MR) is 102 cm³/mol. The molecule has 1 amide bonds. The first-order valence-corrected chi connectivity index (χ1v) is 9.91. The number of benzene rings is 1. The summed E-state index contributed by atoms with van der Waals surface area (Å²) in [5.74, 6) is 2.61. The van der Waals surface area contributed by atoms with E-state index < -0.39 is 0 Å². The molecular weight excluding hydrogens is 328 g/mol. The van der Waals surface area contributed by atoms with Crippen LogP contribution in [0.15, 0.2) is 24.3 Å². The van der Waals surface area contributed by atoms with Gasteiger partial charge in [-0.3, -0.25) is 9.69 Å². The van der Waals surface area contributed by atoms with Crippen LogP contribution < -0.4 is 4.74 Å². The zero-order valence-electron chi connectivity index (χ0n) is 16.1. The van der Waals surface area contributed by atoms with Gasteiger partial charge in [0.25, 0.3) is 0 Å². The number of likely N-dealkylation sites (tertiary alicyclic amines) is 2. The summed E-state index contributed by atoms with van der Waals surface area (Å²) in [4.78, 5) is 16.0. The number of piperidine rings is 1. The summed E-state index contributed by atoms with van der Waals surface area (Å²) in [5, 5.41) is 9.91. The van der Waals surface area contributed by atoms with Crippen molar-refractivity contribution in [2.45, 2.75) is 33.2 Å². The Morgan fingerprint density at radius 1 is 1.23 bits per heavy atom. The van der Waals surface area contributed by atoms with Crippen molar-refractivity contribution in [1.29, 1.82) is 0 Å². The fraction of sp³-hybridized carbons (Fsp3) is 0.667. The summed E-state index contributed by atoms with van der Waals surface area (Å²) >= 11 is 0. The number of hydrogen-bond acceptors (Lipinski definition) is 4. The molecule has 1 N–H and O–H groups in total. The van der Waals surface area contributed by atoms with E-state index in [0.29, 0.717) is 24.4 Å². The molecule has 0 aromatic heterocycles. The van der Waals surface area contributed by atoms with E-state index in [4.69, 9.17) is 4.74 Å². The topological polar surface area (TPSA) is 53.0 Å². The van der Waals surface area contributed by atoms with Gasteiger partial charge >= 0.3 is 0 Å². The van der Waals surface area contributed by atoms with Crippen molar-refractivity contribution in [1.82, 2.24) is 9.80 Å². The molecule has 2 aliphatic rings. The van der Waals surface area contributed by atoms with Gasteiger partial charge in [-0.2, -0.15) is 0 Å². The maximum Gasteiger partial charge on any atom is 0.219 e. The Morgan fingerprint density at radius 3 is 2.62 bits per heavy atom. The van der Waals surface area contributed by atoms with Crippen molar-refractivity contribution in [2.75, 3.05) is 39.4 Å². The molecule has 2 saturated heterocycles. The van der Waals surface area contributed by atoms with Crippen LogP contribution in [0, 0.1) is 17.8 Å². The molecule has 0 spiro atoms. The molecule has 5 nitrogen and oxygen atoms in total. The monoisotopic (exact) mass is 360 g/mol. The number of nitrogens with zero attached hydrogens (tertiary/aromatic N) is 2. The molecule has 0 aliphatic carbocycles. The van der Waals surface area contributed by atoms with Crippen molar-refractivity contribution in [3.8, 4) is 5.75 Å². The third-order valence-electron chi connectivity index (χ3n) is 6.06. The lowest BCUT2D eigenvalue weighted by atomic mass is 9.79. The summed E-state index contributed by atoms with van der Waals surface area (Å²) in [5.41, 5.74) is 1.22. The average Bonchev–Trinajstić information content (AvgIpc) is 3.06. The van der Waals surface area contributed by atoms with Crippen molar-refractivity contribution < 1.29 is 14.6 Å². The minimum absolute atomic E-state index is 0.183. The fourth-order valence-electron chi connectivity index (χ4n) is 4.66. The summed E-state index contributed by atoms with van der Waals surface area (Å²) in [6, 6.07) is 8.25. The Kier molecular flexibility index (Phi) is 6.54. The average molecular weight is 360 g/mol. The molecule has 0 saturated carbocycles. The molecule has 2 aliphatic heterocycles. The normalized spacial score (nSPS) is 24.8. The lowest BCUT2D eigenvalue weighted by molar-refractivity contribution is -0.130. The summed E-state index contributed by atoms with van der Waals surface area (Å²) in [6.45, 7) is 9.15. The summed E-state index contributed by atoms with van der Waals surface area (Å²) in [7, 11) is 0. The van der Waals surface area contributed by atoms with E-state index in [2.05, 4.69) is 17.0 Å². The fourth-order valence-corrected chi connectivity index (χ4v) is 4.66. The Balaban J connectivity index is 1.62. The van der Waals surface area contributed by atoms with Gasteiger partial charge < -0.3 is 14.7 Å². The SMILES string of the molecule is CCOc1ccccc1CN1CC(CO)C(C2CCN(C(C)=O)CC2)C1. The highest BCUT2D eigenvalue weighted by Crippen LogP contribution is 2.36. The first-order chi connectivity index (χ1) is 12.6. The molecule has 2 atom stereocenters. The van der Waals surface area contributed by atoms with E-state index in [1.54, 1.807) is 6.92 Å². The van der Waals surface area contributed by atoms with Crippen molar-refractivity contribution in [2.24, 2.45) is 17.8 Å². The highest BCUT2D eigenvalue weighted by atomic mass is 16.5. The number of aliphatic hydroxyl groups is 1. The van der Waals surface area contributed by atoms with Crippen LogP contribution >= 0.6 is 0 Å². The molecule has 5 heteroatoms. The van der Waals surface area contributed by atoms with Gasteiger partial charge in [-0.25, -0.2) is 0 Å². The second-order valence-corrected chi connectivity index (χ2v) is 7.68. The lowest BCUT2D eigenvalue weighted by Crippen LogP contribution is -2.40. The van der Waals surface area contributed by atoms with E-state index in [0.717, 1.165) is 51.3 Å². The molecule has 0 radical (unpaired) electrons. The van der Waals surface area contributed by atoms with Crippen LogP contribution in [-0.4, -0.2) is 60.2 Å². The summed E-state index contributed by atoms with van der Waals surface area (Å²) in [6.07, 6.45) is 2.12. The molecule has 2 fully saturated rings. The number of aliphatic hydroxyl groups excluding tert-OH is 1. The van der Waals surface area contributed by atoms with Gasteiger partial charge in [0.05, 0.1) is 6.61 Å². The van der Waals surface area contributed by atoms with Crippen LogP contribution in [0.5, 0.6) is 5.75 Å². The van der Waals surface area contributed by atoms with Gasteiger partial charge in [0.15, 0.2) is 0 Å². The van der Waals surface area contributed by atoms with Crippen LogP contribution in [0.1, 0.15) is 32.3 Å². The van der Waals surface area contributed by atoms with Crippen LogP contribution in [0.4, 0.5) is 0 Å². The summed E-state index contributed by atoms with van der Waals surface area (Å²) < 4.78 is 5.76. The Labute approximate surface area is 156 Å². The number of ether oxygens (including phenoxy) is 1. The minimum Gasteiger partial charge on any atom is -0.494 e. The first-order valence-electron chi connectivity index (χ1n) is 9.91. The molecule has 26 heavy (non-hydrogen) atoms. The molecule has 0 bridgehead atoms. The number of rotatable bonds is 6. The quantitative estimate of drug-likeness (QED) is 0.846. The lowest BCUT2D eigenvalue weighted by Gasteiger charge is -2.36. The standard InChI is InChI=1S/C21H32N2O3/c1-3-26-21-7-5-4-6-18(21)12-22-13-19(15-24)20(14-22)17-8-10-23(11-9-17)16(2)25/h4-7,17,19-20,24H,3,8-15H2,1-2H3. The van der Waals surface area contributed by atoms with Gasteiger partial charge in [-0.1, -0.05) is 18.2 Å². The third-order valence-corrected chi connectivity index (χ3v) is 6.06. The second-order valence-electron chi connectivity index (χ2n) is 7.68. The van der Waals surface area contributed by atoms with Crippen LogP contribution in [0.2, 0.25) is 0 Å². The third kappa shape index (κ3) is 4.38. The van der Waals surface area contributed by atoms with Gasteiger partial charge in [-0.15, -0.1) is 0 Å². The molecule has 2 heterocycles. The Bertz CT molecular complexity index is 599. The zero-order chi connectivity index (χ0) is 18.5. The maximum absolute atomic E-state index is 11.6. The van der Waals surface area contributed by atoms with E-state index in [-0.39, 0.29) is 12.5 Å². The molecular formula is C21H32N2O3. The highest BCUT2D eigenvalue weighted by Gasteiger charge is 2.38. The second kappa shape index (κ2) is 8.87. The van der Waals surface area contributed by atoms with Gasteiger partial charge in [0.2, 0.25) is 5.91 Å². The van der Waals surface area contributed by atoms with E-state index >= 15 is 0 Å².